The summed E-state index contributed by atoms with van der Waals surface area (Å²) in [6.45, 7) is 15.5. The van der Waals surface area contributed by atoms with Crippen molar-refractivity contribution in [3.8, 4) is 0 Å². The lowest BCUT2D eigenvalue weighted by atomic mass is 9.97. The van der Waals surface area contributed by atoms with Crippen molar-refractivity contribution in [3.63, 3.8) is 0 Å². The first-order valence-corrected chi connectivity index (χ1v) is 7.82. The molecule has 0 radical (unpaired) electrons. The van der Waals surface area contributed by atoms with Gasteiger partial charge in [-0.2, -0.15) is 0 Å². The normalized spacial score (nSPS) is 13.6. The van der Waals surface area contributed by atoms with Crippen LogP contribution in [0.25, 0.3) is 0 Å². The molecule has 104 valence electrons. The summed E-state index contributed by atoms with van der Waals surface area (Å²) in [6.07, 6.45) is 8.21. The molecule has 0 aromatic rings. The molecule has 0 heterocycles. The summed E-state index contributed by atoms with van der Waals surface area (Å²) in [6, 6.07) is 0. The van der Waals surface area contributed by atoms with Crippen molar-refractivity contribution in [1.82, 2.24) is 4.90 Å². The molecule has 0 aromatic carbocycles. The van der Waals surface area contributed by atoms with Gasteiger partial charge in [0.1, 0.15) is 0 Å². The molecule has 0 rings (SSSR count). The van der Waals surface area contributed by atoms with Gasteiger partial charge in [0.25, 0.3) is 0 Å². The van der Waals surface area contributed by atoms with Crippen molar-refractivity contribution in [2.45, 2.75) is 73.1 Å². The van der Waals surface area contributed by atoms with E-state index in [0.717, 1.165) is 11.8 Å². The van der Waals surface area contributed by atoms with E-state index in [0.29, 0.717) is 0 Å². The lowest BCUT2D eigenvalue weighted by Crippen LogP contribution is -2.27. The lowest BCUT2D eigenvalue weighted by Gasteiger charge is -2.23. The average molecular weight is 241 g/mol. The van der Waals surface area contributed by atoms with Gasteiger partial charge in [-0.05, 0) is 50.7 Å². The summed E-state index contributed by atoms with van der Waals surface area (Å²) < 4.78 is 0. The number of nitrogens with zero attached hydrogens (tertiary/aromatic N) is 1. The number of rotatable bonds is 11. The molecule has 0 aliphatic heterocycles. The first-order valence-electron chi connectivity index (χ1n) is 7.82. The zero-order chi connectivity index (χ0) is 13.1. The Morgan fingerprint density at radius 2 is 1.35 bits per heavy atom. The molecule has 0 fully saturated rings. The van der Waals surface area contributed by atoms with Crippen molar-refractivity contribution in [3.05, 3.63) is 0 Å². The van der Waals surface area contributed by atoms with Gasteiger partial charge in [0.15, 0.2) is 0 Å². The molecule has 0 aliphatic rings. The quantitative estimate of drug-likeness (QED) is 0.494. The van der Waals surface area contributed by atoms with E-state index < -0.39 is 0 Å². The third-order valence-corrected chi connectivity index (χ3v) is 3.50. The van der Waals surface area contributed by atoms with Crippen LogP contribution >= 0.6 is 0 Å². The van der Waals surface area contributed by atoms with E-state index in [1.165, 1.54) is 58.2 Å². The maximum absolute atomic E-state index is 2.64. The van der Waals surface area contributed by atoms with Crippen molar-refractivity contribution < 1.29 is 0 Å². The summed E-state index contributed by atoms with van der Waals surface area (Å²) in [5.41, 5.74) is 0. The monoisotopic (exact) mass is 241 g/mol. The third-order valence-electron chi connectivity index (χ3n) is 3.50. The van der Waals surface area contributed by atoms with Crippen molar-refractivity contribution in [2.24, 2.45) is 11.8 Å². The van der Waals surface area contributed by atoms with E-state index in [2.05, 4.69) is 39.5 Å². The molecule has 1 nitrogen and oxygen atoms in total. The Kier molecular flexibility index (Phi) is 11.0. The van der Waals surface area contributed by atoms with E-state index in [1.807, 2.05) is 0 Å². The lowest BCUT2D eigenvalue weighted by molar-refractivity contribution is 0.250. The zero-order valence-corrected chi connectivity index (χ0v) is 13.0. The predicted octanol–water partition coefficient (Wildman–Crippen LogP) is 4.96. The minimum atomic E-state index is 0.874. The largest absolute Gasteiger partial charge is 0.303 e. The highest BCUT2D eigenvalue weighted by Gasteiger charge is 2.07. The Bertz CT molecular complexity index is 148. The van der Waals surface area contributed by atoms with E-state index in [1.54, 1.807) is 0 Å². The second-order valence-electron chi connectivity index (χ2n) is 6.06. The van der Waals surface area contributed by atoms with Crippen LogP contribution in [0, 0.1) is 11.8 Å². The first kappa shape index (κ1) is 17.0. The van der Waals surface area contributed by atoms with Crippen LogP contribution in [0.3, 0.4) is 0 Å². The zero-order valence-electron chi connectivity index (χ0n) is 13.0. The van der Waals surface area contributed by atoms with Crippen molar-refractivity contribution in [2.75, 3.05) is 19.6 Å². The fourth-order valence-electron chi connectivity index (χ4n) is 2.39. The van der Waals surface area contributed by atoms with Crippen LogP contribution in [0.15, 0.2) is 0 Å². The fraction of sp³-hybridized carbons (Fsp3) is 1.00. The van der Waals surface area contributed by atoms with Crippen molar-refractivity contribution >= 4 is 0 Å². The minimum absolute atomic E-state index is 0.874. The van der Waals surface area contributed by atoms with Crippen LogP contribution in [0.2, 0.25) is 0 Å². The SMILES string of the molecule is CCCN(CCC)CCC(C)CCCC(C)C. The van der Waals surface area contributed by atoms with Gasteiger partial charge < -0.3 is 4.90 Å². The summed E-state index contributed by atoms with van der Waals surface area (Å²) in [5.74, 6) is 1.78. The molecule has 0 bridgehead atoms. The molecule has 0 aromatic heterocycles. The van der Waals surface area contributed by atoms with Crippen LogP contribution in [0.4, 0.5) is 0 Å². The second kappa shape index (κ2) is 11.1. The molecular formula is C16H35N. The van der Waals surface area contributed by atoms with E-state index in [-0.39, 0.29) is 0 Å². The Morgan fingerprint density at radius 1 is 0.765 bits per heavy atom. The maximum Gasteiger partial charge on any atom is -0.00162 e. The molecule has 0 aliphatic carbocycles. The van der Waals surface area contributed by atoms with E-state index >= 15 is 0 Å². The molecule has 1 unspecified atom stereocenters. The topological polar surface area (TPSA) is 3.24 Å². The van der Waals surface area contributed by atoms with Gasteiger partial charge in [-0.25, -0.2) is 0 Å². The first-order chi connectivity index (χ1) is 8.10. The van der Waals surface area contributed by atoms with Gasteiger partial charge >= 0.3 is 0 Å². The summed E-state index contributed by atoms with van der Waals surface area (Å²) in [4.78, 5) is 2.64. The molecule has 0 amide bonds. The van der Waals surface area contributed by atoms with Gasteiger partial charge in [-0.15, -0.1) is 0 Å². The molecule has 0 N–H and O–H groups in total. The number of hydrogen-bond acceptors (Lipinski definition) is 1. The molecule has 0 saturated carbocycles. The predicted molar refractivity (Wildman–Crippen MR) is 79.5 cm³/mol. The summed E-state index contributed by atoms with van der Waals surface area (Å²) >= 11 is 0. The highest BCUT2D eigenvalue weighted by atomic mass is 15.1. The van der Waals surface area contributed by atoms with E-state index in [9.17, 15) is 0 Å². The highest BCUT2D eigenvalue weighted by Crippen LogP contribution is 2.15. The van der Waals surface area contributed by atoms with Crippen LogP contribution < -0.4 is 0 Å². The Labute approximate surface area is 110 Å². The molecule has 0 saturated heterocycles. The van der Waals surface area contributed by atoms with Crippen LogP contribution in [-0.2, 0) is 0 Å². The average Bonchev–Trinajstić information content (AvgIpc) is 2.26. The minimum Gasteiger partial charge on any atom is -0.303 e. The van der Waals surface area contributed by atoms with Crippen LogP contribution in [-0.4, -0.2) is 24.5 Å². The van der Waals surface area contributed by atoms with Crippen molar-refractivity contribution in [1.29, 1.82) is 0 Å². The van der Waals surface area contributed by atoms with E-state index in [4.69, 9.17) is 0 Å². The standard InChI is InChI=1S/C16H35N/c1-6-12-17(13-7-2)14-11-16(5)10-8-9-15(3)4/h15-16H,6-14H2,1-5H3. The Morgan fingerprint density at radius 3 is 1.82 bits per heavy atom. The fourth-order valence-corrected chi connectivity index (χ4v) is 2.39. The third kappa shape index (κ3) is 10.8. The molecular weight excluding hydrogens is 206 g/mol. The maximum atomic E-state index is 2.64. The van der Waals surface area contributed by atoms with Gasteiger partial charge in [0, 0.05) is 0 Å². The van der Waals surface area contributed by atoms with Gasteiger partial charge in [-0.1, -0.05) is 53.9 Å². The van der Waals surface area contributed by atoms with Crippen LogP contribution in [0.1, 0.15) is 73.1 Å². The molecule has 1 atom stereocenters. The smallest absolute Gasteiger partial charge is 0.00162 e. The van der Waals surface area contributed by atoms with Crippen LogP contribution in [0.5, 0.6) is 0 Å². The Hall–Kier alpha value is -0.0400. The second-order valence-corrected chi connectivity index (χ2v) is 6.06. The van der Waals surface area contributed by atoms with Gasteiger partial charge in [0.2, 0.25) is 0 Å². The highest BCUT2D eigenvalue weighted by molar-refractivity contribution is 4.61. The number of hydrogen-bond donors (Lipinski definition) is 0. The Balaban J connectivity index is 3.60. The summed E-state index contributed by atoms with van der Waals surface area (Å²) in [7, 11) is 0. The molecule has 17 heavy (non-hydrogen) atoms. The van der Waals surface area contributed by atoms with Gasteiger partial charge in [0.05, 0.1) is 0 Å². The summed E-state index contributed by atoms with van der Waals surface area (Å²) in [5, 5.41) is 0. The molecule has 0 spiro atoms. The van der Waals surface area contributed by atoms with Gasteiger partial charge in [-0.3, -0.25) is 0 Å². The molecule has 1 heteroatoms.